The number of aliphatic hydroxyl groups is 1. The van der Waals surface area contributed by atoms with Gasteiger partial charge >= 0.3 is 0 Å². The van der Waals surface area contributed by atoms with Gasteiger partial charge in [-0.15, -0.1) is 0 Å². The first-order valence-corrected chi connectivity index (χ1v) is 6.72. The Morgan fingerprint density at radius 2 is 2.00 bits per heavy atom. The number of likely N-dealkylation sites (N-methyl/N-ethyl adjacent to an activating group) is 1. The molecule has 6 nitrogen and oxygen atoms in total. The Balaban J connectivity index is 2.28. The zero-order chi connectivity index (χ0) is 15.4. The summed E-state index contributed by atoms with van der Waals surface area (Å²) in [7, 11) is 4.99. The summed E-state index contributed by atoms with van der Waals surface area (Å²) in [5.74, 6) is 1.02. The summed E-state index contributed by atoms with van der Waals surface area (Å²) < 4.78 is 10.4. The first-order valence-electron chi connectivity index (χ1n) is 6.72. The molecule has 0 aliphatic carbocycles. The minimum atomic E-state index is -0.331. The summed E-state index contributed by atoms with van der Waals surface area (Å²) in [6.45, 7) is 0.628. The van der Waals surface area contributed by atoms with Crippen molar-refractivity contribution in [2.24, 2.45) is 4.99 Å². The summed E-state index contributed by atoms with van der Waals surface area (Å²) in [4.78, 5) is 17.6. The summed E-state index contributed by atoms with van der Waals surface area (Å²) in [6.07, 6.45) is 2.80. The average Bonchev–Trinajstić information content (AvgIpc) is 2.81. The number of hydrogen-bond donors (Lipinski definition) is 1. The molecule has 2 unspecified atom stereocenters. The standard InChI is InChI=1S/C15H20N2O4/c1-17-8-12(19)5-11(17)7-16-13-6-15(21-3)14(20-2)4-10(13)9-18/h4,6-7,9,11-12,19H,5,8H2,1-3H3. The van der Waals surface area contributed by atoms with Gasteiger partial charge in [0.2, 0.25) is 0 Å². The van der Waals surface area contributed by atoms with Gasteiger partial charge < -0.3 is 14.6 Å². The van der Waals surface area contributed by atoms with E-state index in [4.69, 9.17) is 9.47 Å². The van der Waals surface area contributed by atoms with Gasteiger partial charge in [-0.05, 0) is 19.5 Å². The second kappa shape index (κ2) is 6.69. The van der Waals surface area contributed by atoms with E-state index >= 15 is 0 Å². The number of carbonyl (C=O) groups excluding carboxylic acids is 1. The topological polar surface area (TPSA) is 71.4 Å². The molecular formula is C15H20N2O4. The molecule has 1 aliphatic heterocycles. The number of hydrogen-bond acceptors (Lipinski definition) is 6. The fourth-order valence-electron chi connectivity index (χ4n) is 2.43. The Bertz CT molecular complexity index is 545. The fourth-order valence-corrected chi connectivity index (χ4v) is 2.43. The van der Waals surface area contributed by atoms with Gasteiger partial charge in [0.1, 0.15) is 0 Å². The number of carbonyl (C=O) groups is 1. The van der Waals surface area contributed by atoms with Gasteiger partial charge in [-0.3, -0.25) is 14.7 Å². The molecule has 6 heteroatoms. The van der Waals surface area contributed by atoms with Gasteiger partial charge in [0, 0.05) is 30.4 Å². The SMILES string of the molecule is COc1cc(C=O)c(N=CC2CC(O)CN2C)cc1OC. The van der Waals surface area contributed by atoms with E-state index in [-0.39, 0.29) is 12.1 Å². The Labute approximate surface area is 124 Å². The van der Waals surface area contributed by atoms with Crippen molar-refractivity contribution in [3.8, 4) is 11.5 Å². The van der Waals surface area contributed by atoms with Crippen LogP contribution in [0.3, 0.4) is 0 Å². The molecule has 0 amide bonds. The predicted molar refractivity (Wildman–Crippen MR) is 80.1 cm³/mol. The molecule has 0 spiro atoms. The largest absolute Gasteiger partial charge is 0.493 e. The van der Waals surface area contributed by atoms with Gasteiger partial charge in [-0.1, -0.05) is 0 Å². The van der Waals surface area contributed by atoms with Crippen LogP contribution in [-0.2, 0) is 0 Å². The third-order valence-electron chi connectivity index (χ3n) is 3.62. The van der Waals surface area contributed by atoms with E-state index in [0.717, 1.165) is 6.29 Å². The van der Waals surface area contributed by atoms with Crippen molar-refractivity contribution < 1.29 is 19.4 Å². The minimum Gasteiger partial charge on any atom is -0.493 e. The molecule has 1 aromatic carbocycles. The zero-order valence-electron chi connectivity index (χ0n) is 12.4. The van der Waals surface area contributed by atoms with Gasteiger partial charge in [0.05, 0.1) is 26.0 Å². The van der Waals surface area contributed by atoms with E-state index in [0.29, 0.717) is 35.7 Å². The normalized spacial score (nSPS) is 22.7. The van der Waals surface area contributed by atoms with Crippen LogP contribution in [0, 0.1) is 0 Å². The van der Waals surface area contributed by atoms with E-state index in [2.05, 4.69) is 4.99 Å². The van der Waals surface area contributed by atoms with Crippen molar-refractivity contribution in [2.45, 2.75) is 18.6 Å². The molecule has 0 saturated carbocycles. The number of ether oxygens (including phenoxy) is 2. The lowest BCUT2D eigenvalue weighted by atomic mass is 10.1. The van der Waals surface area contributed by atoms with Crippen molar-refractivity contribution in [1.29, 1.82) is 0 Å². The van der Waals surface area contributed by atoms with Crippen LogP contribution < -0.4 is 9.47 Å². The summed E-state index contributed by atoms with van der Waals surface area (Å²) in [5, 5.41) is 9.62. The van der Waals surface area contributed by atoms with Gasteiger partial charge in [-0.2, -0.15) is 0 Å². The number of aliphatic hydroxyl groups excluding tert-OH is 1. The van der Waals surface area contributed by atoms with Gasteiger partial charge in [0.25, 0.3) is 0 Å². The minimum absolute atomic E-state index is 0.0626. The molecule has 1 aliphatic rings. The molecule has 1 fully saturated rings. The van der Waals surface area contributed by atoms with Crippen molar-refractivity contribution >= 4 is 18.2 Å². The molecular weight excluding hydrogens is 272 g/mol. The number of β-amino-alcohol motifs (C(OH)–C–C–N with tert-alkyl or cyclic N) is 1. The van der Waals surface area contributed by atoms with Crippen molar-refractivity contribution in [3.05, 3.63) is 17.7 Å². The van der Waals surface area contributed by atoms with Gasteiger partial charge in [0.15, 0.2) is 17.8 Å². The van der Waals surface area contributed by atoms with E-state index in [1.165, 1.54) is 14.2 Å². The molecule has 1 heterocycles. The highest BCUT2D eigenvalue weighted by Gasteiger charge is 2.26. The van der Waals surface area contributed by atoms with Crippen LogP contribution in [0.4, 0.5) is 5.69 Å². The Morgan fingerprint density at radius 1 is 1.33 bits per heavy atom. The van der Waals surface area contributed by atoms with E-state index < -0.39 is 0 Å². The Hall–Kier alpha value is -1.92. The van der Waals surface area contributed by atoms with Crippen molar-refractivity contribution in [1.82, 2.24) is 4.90 Å². The third-order valence-corrected chi connectivity index (χ3v) is 3.62. The third kappa shape index (κ3) is 3.40. The molecule has 2 atom stereocenters. The number of rotatable bonds is 5. The molecule has 0 aromatic heterocycles. The van der Waals surface area contributed by atoms with E-state index in [9.17, 15) is 9.90 Å². The molecule has 0 bridgehead atoms. The number of nitrogens with zero attached hydrogens (tertiary/aromatic N) is 2. The van der Waals surface area contributed by atoms with Crippen molar-refractivity contribution in [3.63, 3.8) is 0 Å². The van der Waals surface area contributed by atoms with Crippen LogP contribution in [-0.4, -0.2) is 62.5 Å². The summed E-state index contributed by atoms with van der Waals surface area (Å²) in [5.41, 5.74) is 0.961. The van der Waals surface area contributed by atoms with Crippen LogP contribution in [0.15, 0.2) is 17.1 Å². The van der Waals surface area contributed by atoms with Crippen LogP contribution >= 0.6 is 0 Å². The van der Waals surface area contributed by atoms with Crippen molar-refractivity contribution in [2.75, 3.05) is 27.8 Å². The predicted octanol–water partition coefficient (Wildman–Crippen LogP) is 1.28. The molecule has 21 heavy (non-hydrogen) atoms. The Kier molecular flexibility index (Phi) is 4.93. The number of methoxy groups -OCH3 is 2. The zero-order valence-corrected chi connectivity index (χ0v) is 12.4. The summed E-state index contributed by atoms with van der Waals surface area (Å²) >= 11 is 0. The van der Waals surface area contributed by atoms with Crippen LogP contribution in [0.2, 0.25) is 0 Å². The first-order chi connectivity index (χ1) is 10.1. The molecule has 114 valence electrons. The highest BCUT2D eigenvalue weighted by molar-refractivity contribution is 5.87. The second-order valence-corrected chi connectivity index (χ2v) is 5.06. The lowest BCUT2D eigenvalue weighted by Gasteiger charge is -2.14. The molecule has 2 rings (SSSR count). The van der Waals surface area contributed by atoms with Crippen LogP contribution in [0.5, 0.6) is 11.5 Å². The quantitative estimate of drug-likeness (QED) is 0.654. The lowest BCUT2D eigenvalue weighted by Crippen LogP contribution is -2.26. The maximum atomic E-state index is 11.2. The Morgan fingerprint density at radius 3 is 2.52 bits per heavy atom. The smallest absolute Gasteiger partial charge is 0.162 e. The summed E-state index contributed by atoms with van der Waals surface area (Å²) in [6, 6.07) is 3.34. The first kappa shape index (κ1) is 15.5. The van der Waals surface area contributed by atoms with Crippen LogP contribution in [0.25, 0.3) is 0 Å². The number of aliphatic imine (C=N–C) groups is 1. The maximum Gasteiger partial charge on any atom is 0.162 e. The highest BCUT2D eigenvalue weighted by atomic mass is 16.5. The maximum absolute atomic E-state index is 11.2. The van der Waals surface area contributed by atoms with Crippen LogP contribution in [0.1, 0.15) is 16.8 Å². The molecule has 0 radical (unpaired) electrons. The van der Waals surface area contributed by atoms with Gasteiger partial charge in [-0.25, -0.2) is 0 Å². The molecule has 1 saturated heterocycles. The molecule has 1 aromatic rings. The number of aldehydes is 1. The van der Waals surface area contributed by atoms with E-state index in [1.54, 1.807) is 18.3 Å². The fraction of sp³-hybridized carbons (Fsp3) is 0.467. The number of likely N-dealkylation sites (tertiary alicyclic amines) is 1. The lowest BCUT2D eigenvalue weighted by molar-refractivity contribution is 0.112. The monoisotopic (exact) mass is 292 g/mol. The number of benzene rings is 1. The van der Waals surface area contributed by atoms with E-state index in [1.807, 2.05) is 11.9 Å². The second-order valence-electron chi connectivity index (χ2n) is 5.06. The average molecular weight is 292 g/mol. The molecule has 1 N–H and O–H groups in total. The highest BCUT2D eigenvalue weighted by Crippen LogP contribution is 2.34.